The molecule has 3 heterocycles. The number of methoxy groups -OCH3 is 1. The number of carbonyl (C=O) groups is 3. The number of hydrogen-bond acceptors (Lipinski definition) is 19. The Morgan fingerprint density at radius 3 is 1.13 bits per heavy atom. The molecule has 0 atom stereocenters. The van der Waals surface area contributed by atoms with Gasteiger partial charge < -0.3 is 66.0 Å². The van der Waals surface area contributed by atoms with Crippen molar-refractivity contribution in [2.24, 2.45) is 23.7 Å². The maximum Gasteiger partial charge on any atom is 0.268 e. The molecule has 4 fully saturated rings. The molecule has 26 heteroatoms. The Kier molecular flexibility index (Phi) is 36.2. The van der Waals surface area contributed by atoms with Crippen LogP contribution in [0.15, 0.2) is 260 Å². The van der Waals surface area contributed by atoms with Gasteiger partial charge >= 0.3 is 0 Å². The summed E-state index contributed by atoms with van der Waals surface area (Å²) in [6, 6.07) is 70.6. The van der Waals surface area contributed by atoms with E-state index in [2.05, 4.69) is 85.2 Å². The Morgan fingerprint density at radius 2 is 0.739 bits per heavy atom. The molecule has 0 spiro atoms. The number of aromatic hydroxyl groups is 8. The Bertz CT molecular complexity index is 6410. The van der Waals surface area contributed by atoms with E-state index in [1.54, 1.807) is 53.6 Å². The van der Waals surface area contributed by atoms with Crippen molar-refractivity contribution >= 4 is 68.0 Å². The van der Waals surface area contributed by atoms with Crippen molar-refractivity contribution in [3.8, 4) is 74.3 Å². The van der Waals surface area contributed by atoms with E-state index in [0.29, 0.717) is 60.0 Å². The van der Waals surface area contributed by atoms with Crippen LogP contribution >= 0.6 is 23.2 Å². The number of sulfonamides is 1. The molecule has 11 aromatic carbocycles. The second-order valence-electron chi connectivity index (χ2n) is 36.2. The van der Waals surface area contributed by atoms with E-state index in [1.807, 2.05) is 105 Å². The molecule has 0 bridgehead atoms. The summed E-state index contributed by atoms with van der Waals surface area (Å²) in [5.74, 6) is 0.743. The van der Waals surface area contributed by atoms with Crippen LogP contribution < -0.4 is 29.5 Å². The number of hydrogen-bond donors (Lipinski definition) is 10. The van der Waals surface area contributed by atoms with Crippen molar-refractivity contribution < 1.29 is 68.4 Å². The molecular weight excluding hydrogens is 1800 g/mol. The van der Waals surface area contributed by atoms with E-state index in [1.165, 1.54) is 202 Å². The van der Waals surface area contributed by atoms with Crippen LogP contribution in [-0.4, -0.2) is 107 Å². The van der Waals surface area contributed by atoms with E-state index in [4.69, 9.17) is 27.9 Å². The van der Waals surface area contributed by atoms with Gasteiger partial charge in [0.2, 0.25) is 10.6 Å². The van der Waals surface area contributed by atoms with E-state index in [0.717, 1.165) is 107 Å². The molecule has 1 aliphatic heterocycles. The lowest BCUT2D eigenvalue weighted by Crippen LogP contribution is -2.30. The fourth-order valence-electron chi connectivity index (χ4n) is 18.7. The number of benzene rings is 11. The number of ether oxygens (including phenoxy) is 1. The van der Waals surface area contributed by atoms with Gasteiger partial charge in [0.15, 0.2) is 0 Å². The zero-order valence-corrected chi connectivity index (χ0v) is 79.8. The first-order chi connectivity index (χ1) is 66.2. The Morgan fingerprint density at radius 1 is 0.399 bits per heavy atom. The summed E-state index contributed by atoms with van der Waals surface area (Å²) < 4.78 is 34.5. The average molecular weight is 1920 g/mol. The highest BCUT2D eigenvalue weighted by Crippen LogP contribution is 2.40. The lowest BCUT2D eigenvalue weighted by Gasteiger charge is -2.26. The topological polar surface area (TPSA) is 342 Å². The zero-order chi connectivity index (χ0) is 96.5. The van der Waals surface area contributed by atoms with Gasteiger partial charge in [0.25, 0.3) is 27.7 Å². The highest BCUT2D eigenvalue weighted by atomic mass is 35.5. The normalized spacial score (nSPS) is 14.1. The molecular formula is C112H123Cl2N9O14S. The number of nitrogens with zero attached hydrogens (tertiary/aromatic N) is 7. The molecule has 23 nitrogen and oxygen atoms in total. The number of piperidine rings is 1. The zero-order valence-electron chi connectivity index (χ0n) is 77.5. The molecule has 13 aromatic rings. The molecule has 17 rings (SSSR count). The smallest absolute Gasteiger partial charge is 0.268 e. The summed E-state index contributed by atoms with van der Waals surface area (Å²) >= 11 is 12.0. The van der Waals surface area contributed by atoms with Gasteiger partial charge in [-0.15, -0.1) is 0 Å². The van der Waals surface area contributed by atoms with Gasteiger partial charge in [0, 0.05) is 65.7 Å². The number of phenolic OH excluding ortho intramolecular Hbond substituents is 8. The maximum atomic E-state index is 14.0. The SMILES string of the molecule is C.COc1ccc(N(Cc2cccc(CC3CCCCC3)c2)C(=O)c2ccc(O)cc2O)cc1.Cc1cnc(Cl)nc1-c1ccc(N(Cc2cccc(CC3CCCCC3)c2)S(=O)(=O)c2ccc(O)cc2O)cc1.Cc1cnc(Cl)nc1-c1ccc(N(Cc2cccc(CC3CCNCC3)c2)C(=O)c2ccc(O)cc2O)cc1.O=C(NCc1cccc(CC2CCCCC2)c1)c1ccc(O)cc1O. The summed E-state index contributed by atoms with van der Waals surface area (Å²) in [4.78, 5) is 59.2. The third-order valence-electron chi connectivity index (χ3n) is 26.0. The van der Waals surface area contributed by atoms with Crippen molar-refractivity contribution in [2.45, 2.75) is 187 Å². The number of anilines is 3. The molecule has 3 aliphatic carbocycles. The fraction of sp³-hybridized carbons (Fsp3) is 0.312. The van der Waals surface area contributed by atoms with Crippen LogP contribution in [0.5, 0.6) is 51.7 Å². The third kappa shape index (κ3) is 28.1. The monoisotopic (exact) mass is 1920 g/mol. The molecule has 4 aliphatic rings. The first kappa shape index (κ1) is 102. The fourth-order valence-corrected chi connectivity index (χ4v) is 20.5. The van der Waals surface area contributed by atoms with Crippen molar-refractivity contribution in [2.75, 3.05) is 34.3 Å². The van der Waals surface area contributed by atoms with Crippen LogP contribution in [0.25, 0.3) is 22.5 Å². The number of amides is 3. The highest BCUT2D eigenvalue weighted by molar-refractivity contribution is 7.93. The summed E-state index contributed by atoms with van der Waals surface area (Å²) in [6.45, 7) is 7.07. The van der Waals surface area contributed by atoms with E-state index in [-0.39, 0.29) is 104 Å². The number of carbonyl (C=O) groups excluding carboxylic acids is 3. The van der Waals surface area contributed by atoms with E-state index < -0.39 is 15.8 Å². The summed E-state index contributed by atoms with van der Waals surface area (Å²) in [7, 11) is -2.61. The van der Waals surface area contributed by atoms with Gasteiger partial charge in [0.1, 0.15) is 56.6 Å². The Balaban J connectivity index is 0.000000157. The van der Waals surface area contributed by atoms with Crippen molar-refractivity contribution in [1.82, 2.24) is 30.6 Å². The standard InChI is InChI=1S/C31H31ClN4O3.C31H32ClN3O4S.C28H31NO4.C21H25NO3.CH4/c1-20-18-34-31(32)35-29(20)24-5-7-25(8-6-24)36(30(39)27-10-9-26(37)17-28(27)38)19-23-4-2-3-22(16-23)15-21-11-13-33-14-12-21;1-21-19-33-31(32)34-30(21)25-10-12-26(13-11-25)35(40(38,39)29-15-14-27(36)18-28(29)37)20-24-9-5-8-23(17-24)16-22-6-3-2-4-7-22;1-33-25-13-10-23(11-14-25)29(28(32)26-15-12-24(30)18-27(26)31)19-22-9-5-8-21(17-22)16-20-6-3-2-4-7-20;23-18-9-10-19(20(24)13-18)21(25)22-14-17-8-4-7-16(12-17)11-15-5-2-1-3-6-15;/h2-10,16-18,21,33,37-38H,11-15,19H2,1H3;5,8-15,17-19,22,36-37H,2-4,6-7,16,20H2,1H3;5,8-15,17-18,20,30-31H,2-4,6-7,16,19H2,1H3;4,7-10,12-13,15,23-24H,1-3,5-6,11,14H2,(H,22,25);1H4. The van der Waals surface area contributed by atoms with Crippen LogP contribution in [0.2, 0.25) is 10.6 Å². The number of aromatic nitrogens is 4. The predicted molar refractivity (Wildman–Crippen MR) is 545 cm³/mol. The van der Waals surface area contributed by atoms with Gasteiger partial charge in [-0.3, -0.25) is 18.7 Å². The highest BCUT2D eigenvalue weighted by Gasteiger charge is 2.31. The minimum absolute atomic E-state index is 0. The predicted octanol–water partition coefficient (Wildman–Crippen LogP) is 23.8. The molecule has 720 valence electrons. The largest absolute Gasteiger partial charge is 0.508 e. The molecule has 138 heavy (non-hydrogen) atoms. The van der Waals surface area contributed by atoms with Gasteiger partial charge in [0.05, 0.1) is 60.5 Å². The minimum Gasteiger partial charge on any atom is -0.508 e. The molecule has 0 radical (unpaired) electrons. The molecule has 2 aromatic heterocycles. The van der Waals surface area contributed by atoms with E-state index in [9.17, 15) is 63.7 Å². The van der Waals surface area contributed by atoms with Crippen molar-refractivity contribution in [3.63, 3.8) is 0 Å². The van der Waals surface area contributed by atoms with Gasteiger partial charge in [-0.2, -0.15) is 0 Å². The second-order valence-corrected chi connectivity index (χ2v) is 38.7. The first-order valence-corrected chi connectivity index (χ1v) is 49.3. The van der Waals surface area contributed by atoms with Gasteiger partial charge in [-0.1, -0.05) is 225 Å². The summed E-state index contributed by atoms with van der Waals surface area (Å²) in [5, 5.41) is 86.0. The lowest BCUT2D eigenvalue weighted by atomic mass is 9.84. The maximum absolute atomic E-state index is 14.0. The lowest BCUT2D eigenvalue weighted by molar-refractivity contribution is 0.0945. The number of phenols is 8. The third-order valence-corrected chi connectivity index (χ3v) is 28.1. The first-order valence-electron chi connectivity index (χ1n) is 47.1. The number of nitrogens with one attached hydrogen (secondary N) is 2. The summed E-state index contributed by atoms with van der Waals surface area (Å²) in [6.07, 6.45) is 29.4. The minimum atomic E-state index is -4.21. The number of halogens is 2. The van der Waals surface area contributed by atoms with Crippen LogP contribution in [0.1, 0.15) is 203 Å². The summed E-state index contributed by atoms with van der Waals surface area (Å²) in [5.41, 5.74) is 15.9. The number of aryl methyl sites for hydroxylation is 2. The Labute approximate surface area is 819 Å². The van der Waals surface area contributed by atoms with E-state index >= 15 is 0 Å². The van der Waals surface area contributed by atoms with Crippen LogP contribution in [0.3, 0.4) is 0 Å². The van der Waals surface area contributed by atoms with Crippen LogP contribution in [0.4, 0.5) is 17.1 Å². The molecule has 3 amide bonds. The second kappa shape index (κ2) is 49.0. The van der Waals surface area contributed by atoms with Crippen LogP contribution in [0, 0.1) is 37.5 Å². The van der Waals surface area contributed by atoms with Crippen molar-refractivity contribution in [1.29, 1.82) is 0 Å². The molecule has 0 unspecified atom stereocenters. The van der Waals surface area contributed by atoms with Gasteiger partial charge in [-0.05, 0) is 265 Å². The van der Waals surface area contributed by atoms with Crippen LogP contribution in [-0.2, 0) is 61.9 Å². The average Bonchev–Trinajstić information content (AvgIpc) is 0.855. The number of rotatable bonds is 27. The molecule has 1 saturated heterocycles. The molecule has 10 N–H and O–H groups in total. The quantitative estimate of drug-likeness (QED) is 0.0214. The molecule has 3 saturated carbocycles. The Hall–Kier alpha value is -13.5. The van der Waals surface area contributed by atoms with Crippen molar-refractivity contribution in [3.05, 3.63) is 338 Å². The van der Waals surface area contributed by atoms with Gasteiger partial charge in [-0.25, -0.2) is 28.4 Å².